The summed E-state index contributed by atoms with van der Waals surface area (Å²) in [5, 5.41) is 4.45. The quantitative estimate of drug-likeness (QED) is 0.815. The third-order valence-corrected chi connectivity index (χ3v) is 5.23. The Kier molecular flexibility index (Phi) is 5.08. The highest BCUT2D eigenvalue weighted by atomic mass is 35.5. The van der Waals surface area contributed by atoms with Gasteiger partial charge in [0.05, 0.1) is 24.8 Å². The van der Waals surface area contributed by atoms with Gasteiger partial charge in [-0.3, -0.25) is 4.79 Å². The molecule has 1 unspecified atom stereocenters. The van der Waals surface area contributed by atoms with Gasteiger partial charge in [-0.15, -0.1) is 0 Å². The van der Waals surface area contributed by atoms with E-state index in [0.29, 0.717) is 42.0 Å². The Balaban J connectivity index is 2.04. The van der Waals surface area contributed by atoms with Crippen molar-refractivity contribution in [3.63, 3.8) is 0 Å². The zero-order chi connectivity index (χ0) is 17.3. The number of allylic oxidation sites excluding steroid dienone is 1. The van der Waals surface area contributed by atoms with Gasteiger partial charge in [0.25, 0.3) is 5.91 Å². The number of hydrogen-bond acceptors (Lipinski definition) is 3. The number of halogens is 1. The van der Waals surface area contributed by atoms with E-state index >= 15 is 0 Å². The molecule has 1 atom stereocenters. The second-order valence-electron chi connectivity index (χ2n) is 5.87. The predicted molar refractivity (Wildman–Crippen MR) is 97.8 cm³/mol. The molecule has 0 aromatic heterocycles. The number of nitrogens with zero attached hydrogens (tertiary/aromatic N) is 2. The second-order valence-corrected chi connectivity index (χ2v) is 6.66. The van der Waals surface area contributed by atoms with Crippen molar-refractivity contribution in [3.8, 4) is 0 Å². The van der Waals surface area contributed by atoms with Crippen LogP contribution in [-0.2, 0) is 9.53 Å². The molecule has 7 heteroatoms. The van der Waals surface area contributed by atoms with Gasteiger partial charge in [-0.1, -0.05) is 29.8 Å². The summed E-state index contributed by atoms with van der Waals surface area (Å²) >= 11 is 11.8. The Hall–Kier alpha value is -1.63. The highest BCUT2D eigenvalue weighted by Crippen LogP contribution is 2.34. The van der Waals surface area contributed by atoms with E-state index in [1.165, 1.54) is 0 Å². The van der Waals surface area contributed by atoms with Gasteiger partial charge < -0.3 is 19.9 Å². The van der Waals surface area contributed by atoms with E-state index in [1.807, 2.05) is 48.0 Å². The first-order valence-electron chi connectivity index (χ1n) is 7.87. The number of thiocarbonyl (C=S) groups is 1. The molecule has 0 bridgehead atoms. The largest absolute Gasteiger partial charge is 0.378 e. The maximum atomic E-state index is 13.2. The molecule has 1 amide bonds. The van der Waals surface area contributed by atoms with Crippen LogP contribution in [0, 0.1) is 0 Å². The van der Waals surface area contributed by atoms with Crippen LogP contribution >= 0.6 is 23.8 Å². The molecule has 128 valence electrons. The van der Waals surface area contributed by atoms with Crippen molar-refractivity contribution >= 4 is 34.8 Å². The zero-order valence-corrected chi connectivity index (χ0v) is 15.3. The molecular weight excluding hydrogens is 346 g/mol. The van der Waals surface area contributed by atoms with E-state index in [1.54, 1.807) is 0 Å². The fraction of sp³-hybridized carbons (Fsp3) is 0.412. The molecule has 2 aliphatic heterocycles. The molecule has 1 saturated heterocycles. The summed E-state index contributed by atoms with van der Waals surface area (Å²) in [6.45, 7) is 4.25. The first-order valence-corrected chi connectivity index (χ1v) is 8.65. The van der Waals surface area contributed by atoms with Crippen LogP contribution in [0.2, 0.25) is 5.02 Å². The third-order valence-electron chi connectivity index (χ3n) is 4.50. The lowest BCUT2D eigenvalue weighted by Gasteiger charge is -2.38. The first kappa shape index (κ1) is 17.2. The minimum Gasteiger partial charge on any atom is -0.378 e. The summed E-state index contributed by atoms with van der Waals surface area (Å²) in [6, 6.07) is 7.19. The van der Waals surface area contributed by atoms with Crippen LogP contribution in [0.15, 0.2) is 35.5 Å². The van der Waals surface area contributed by atoms with Crippen molar-refractivity contribution in [3.05, 3.63) is 46.1 Å². The molecule has 0 aliphatic carbocycles. The second kappa shape index (κ2) is 7.09. The van der Waals surface area contributed by atoms with Crippen molar-refractivity contribution in [1.29, 1.82) is 0 Å². The van der Waals surface area contributed by atoms with Crippen LogP contribution in [0.5, 0.6) is 0 Å². The summed E-state index contributed by atoms with van der Waals surface area (Å²) < 4.78 is 5.35. The van der Waals surface area contributed by atoms with E-state index in [0.717, 1.165) is 11.3 Å². The summed E-state index contributed by atoms with van der Waals surface area (Å²) in [7, 11) is 1.86. The number of rotatable bonds is 2. The summed E-state index contributed by atoms with van der Waals surface area (Å²) in [4.78, 5) is 16.8. The van der Waals surface area contributed by atoms with Crippen LogP contribution in [-0.4, -0.2) is 54.2 Å². The standard InChI is InChI=1S/C17H20ClN3O2S/c1-11-14(16(22)21-7-9-23-10-8-21)15(19-17(24)20(11)2)12-5-3-4-6-13(12)18/h3-6,15H,7-10H2,1-2H3,(H,19,24). The molecule has 3 rings (SSSR count). The normalized spacial score (nSPS) is 21.8. The topological polar surface area (TPSA) is 44.8 Å². The molecular formula is C17H20ClN3O2S. The number of carbonyl (C=O) groups is 1. The lowest BCUT2D eigenvalue weighted by atomic mass is 9.94. The van der Waals surface area contributed by atoms with Gasteiger partial charge in [-0.2, -0.15) is 0 Å². The van der Waals surface area contributed by atoms with Gasteiger partial charge in [0.2, 0.25) is 0 Å². The van der Waals surface area contributed by atoms with Gasteiger partial charge in [0.1, 0.15) is 0 Å². The Morgan fingerprint density at radius 2 is 2.00 bits per heavy atom. The zero-order valence-electron chi connectivity index (χ0n) is 13.7. The fourth-order valence-electron chi connectivity index (χ4n) is 2.99. The molecule has 1 fully saturated rings. The molecule has 5 nitrogen and oxygen atoms in total. The van der Waals surface area contributed by atoms with Crippen LogP contribution in [0.4, 0.5) is 0 Å². The molecule has 2 heterocycles. The number of carbonyl (C=O) groups excluding carboxylic acids is 1. The van der Waals surface area contributed by atoms with Crippen molar-refractivity contribution < 1.29 is 9.53 Å². The molecule has 24 heavy (non-hydrogen) atoms. The molecule has 2 aliphatic rings. The van der Waals surface area contributed by atoms with Gasteiger partial charge >= 0.3 is 0 Å². The van der Waals surface area contributed by atoms with Crippen molar-refractivity contribution in [2.24, 2.45) is 0 Å². The molecule has 1 aromatic carbocycles. The van der Waals surface area contributed by atoms with Crippen LogP contribution in [0.3, 0.4) is 0 Å². The highest BCUT2D eigenvalue weighted by Gasteiger charge is 2.35. The van der Waals surface area contributed by atoms with E-state index in [9.17, 15) is 4.79 Å². The lowest BCUT2D eigenvalue weighted by Crippen LogP contribution is -2.50. The number of nitrogens with one attached hydrogen (secondary N) is 1. The molecule has 1 N–H and O–H groups in total. The molecule has 0 radical (unpaired) electrons. The average molecular weight is 366 g/mol. The van der Waals surface area contributed by atoms with E-state index in [-0.39, 0.29) is 11.9 Å². The summed E-state index contributed by atoms with van der Waals surface area (Å²) in [5.41, 5.74) is 2.38. The van der Waals surface area contributed by atoms with Gasteiger partial charge in [0.15, 0.2) is 5.11 Å². The Morgan fingerprint density at radius 3 is 2.67 bits per heavy atom. The van der Waals surface area contributed by atoms with Crippen molar-refractivity contribution in [2.45, 2.75) is 13.0 Å². The molecule has 0 saturated carbocycles. The van der Waals surface area contributed by atoms with Gasteiger partial charge in [-0.25, -0.2) is 0 Å². The Morgan fingerprint density at radius 1 is 1.33 bits per heavy atom. The lowest BCUT2D eigenvalue weighted by molar-refractivity contribution is -0.131. The summed E-state index contributed by atoms with van der Waals surface area (Å²) in [6.07, 6.45) is 0. The van der Waals surface area contributed by atoms with Crippen molar-refractivity contribution in [1.82, 2.24) is 15.1 Å². The van der Waals surface area contributed by atoms with E-state index in [4.69, 9.17) is 28.6 Å². The number of benzene rings is 1. The minimum atomic E-state index is -0.349. The van der Waals surface area contributed by atoms with Crippen molar-refractivity contribution in [2.75, 3.05) is 33.4 Å². The minimum absolute atomic E-state index is 0.00238. The Labute approximate surface area is 152 Å². The van der Waals surface area contributed by atoms with Crippen LogP contribution < -0.4 is 5.32 Å². The van der Waals surface area contributed by atoms with E-state index in [2.05, 4.69) is 5.32 Å². The molecule has 0 spiro atoms. The average Bonchev–Trinajstić information content (AvgIpc) is 2.60. The maximum Gasteiger partial charge on any atom is 0.254 e. The third kappa shape index (κ3) is 3.14. The van der Waals surface area contributed by atoms with Crippen LogP contribution in [0.1, 0.15) is 18.5 Å². The Bertz CT molecular complexity index is 701. The maximum absolute atomic E-state index is 13.2. The van der Waals surface area contributed by atoms with Crippen LogP contribution in [0.25, 0.3) is 0 Å². The smallest absolute Gasteiger partial charge is 0.254 e. The number of ether oxygens (including phenoxy) is 1. The predicted octanol–water partition coefficient (Wildman–Crippen LogP) is 2.33. The number of amides is 1. The first-order chi connectivity index (χ1) is 11.5. The monoisotopic (exact) mass is 365 g/mol. The number of morpholine rings is 1. The molecule has 1 aromatic rings. The van der Waals surface area contributed by atoms with E-state index < -0.39 is 0 Å². The van der Waals surface area contributed by atoms with Gasteiger partial charge in [0, 0.05) is 30.9 Å². The highest BCUT2D eigenvalue weighted by molar-refractivity contribution is 7.80. The SMILES string of the molecule is CC1=C(C(=O)N2CCOCC2)C(c2ccccc2Cl)NC(=S)N1C. The number of hydrogen-bond donors (Lipinski definition) is 1. The van der Waals surface area contributed by atoms with Gasteiger partial charge in [-0.05, 0) is 30.8 Å². The summed E-state index contributed by atoms with van der Waals surface area (Å²) in [5.74, 6) is 0.00238. The fourth-order valence-corrected chi connectivity index (χ4v) is 3.49.